The fourth-order valence-corrected chi connectivity index (χ4v) is 7.41. The molecular formula is C28H35FN4O4S. The number of aryl methyl sites for hydroxylation is 1. The molecule has 1 aliphatic carbocycles. The molecule has 2 aromatic rings. The Balaban J connectivity index is 1.58. The molecular weight excluding hydrogens is 507 g/mol. The monoisotopic (exact) mass is 542 g/mol. The zero-order valence-electron chi connectivity index (χ0n) is 21.7. The van der Waals surface area contributed by atoms with Crippen LogP contribution < -0.4 is 10.2 Å². The second kappa shape index (κ2) is 11.1. The minimum Gasteiger partial charge on any atom is -0.351 e. The van der Waals surface area contributed by atoms with Crippen molar-refractivity contribution in [2.75, 3.05) is 24.5 Å². The molecule has 0 aromatic heterocycles. The Bertz CT molecular complexity index is 1290. The fraction of sp³-hybridized carbons (Fsp3) is 0.500. The molecule has 0 bridgehead atoms. The van der Waals surface area contributed by atoms with Crippen molar-refractivity contribution in [3.05, 3.63) is 65.5 Å². The average Bonchev–Trinajstić information content (AvgIpc) is 3.65. The Hall–Kier alpha value is -2.82. The Morgan fingerprint density at radius 3 is 2.39 bits per heavy atom. The van der Waals surface area contributed by atoms with Gasteiger partial charge < -0.3 is 5.32 Å². The first kappa shape index (κ1) is 26.8. The van der Waals surface area contributed by atoms with Crippen LogP contribution in [0.2, 0.25) is 0 Å². The Morgan fingerprint density at radius 2 is 1.71 bits per heavy atom. The van der Waals surface area contributed by atoms with Gasteiger partial charge in [-0.05, 0) is 61.9 Å². The zero-order chi connectivity index (χ0) is 26.9. The summed E-state index contributed by atoms with van der Waals surface area (Å²) in [5.41, 5.74) is 1.65. The molecule has 8 nitrogen and oxygen atoms in total. The van der Waals surface area contributed by atoms with Crippen molar-refractivity contribution in [1.29, 1.82) is 0 Å². The summed E-state index contributed by atoms with van der Waals surface area (Å²) < 4.78 is 43.4. The summed E-state index contributed by atoms with van der Waals surface area (Å²) in [6.45, 7) is 2.97. The summed E-state index contributed by atoms with van der Waals surface area (Å²) in [5.74, 6) is -1.41. The van der Waals surface area contributed by atoms with E-state index in [1.54, 1.807) is 12.1 Å². The molecule has 2 amide bonds. The lowest BCUT2D eigenvalue weighted by Crippen LogP contribution is -2.53. The first-order valence-corrected chi connectivity index (χ1v) is 14.9. The average molecular weight is 543 g/mol. The molecule has 3 fully saturated rings. The zero-order valence-corrected chi connectivity index (χ0v) is 22.5. The van der Waals surface area contributed by atoms with E-state index in [2.05, 4.69) is 5.32 Å². The predicted octanol–water partition coefficient (Wildman–Crippen LogP) is 3.68. The molecule has 38 heavy (non-hydrogen) atoms. The van der Waals surface area contributed by atoms with Crippen molar-refractivity contribution in [3.8, 4) is 0 Å². The van der Waals surface area contributed by atoms with Gasteiger partial charge in [-0.2, -0.15) is 17.0 Å². The summed E-state index contributed by atoms with van der Waals surface area (Å²) in [7, 11) is -3.78. The van der Waals surface area contributed by atoms with Crippen molar-refractivity contribution >= 4 is 27.7 Å². The molecule has 2 aliphatic heterocycles. The van der Waals surface area contributed by atoms with E-state index in [0.717, 1.165) is 37.7 Å². The number of carbonyl (C=O) groups is 2. The Kier molecular flexibility index (Phi) is 7.83. The Morgan fingerprint density at radius 1 is 0.974 bits per heavy atom. The number of hydrogen-bond acceptors (Lipinski definition) is 4. The number of halogens is 1. The summed E-state index contributed by atoms with van der Waals surface area (Å²) in [6, 6.07) is 10.9. The molecule has 0 spiro atoms. The molecule has 1 saturated carbocycles. The molecule has 2 heterocycles. The second-order valence-corrected chi connectivity index (χ2v) is 12.3. The summed E-state index contributed by atoms with van der Waals surface area (Å²) >= 11 is 0. The number of rotatable bonds is 8. The van der Waals surface area contributed by atoms with Gasteiger partial charge in [0, 0.05) is 31.4 Å². The van der Waals surface area contributed by atoms with Crippen molar-refractivity contribution < 1.29 is 22.4 Å². The third-order valence-electron chi connectivity index (χ3n) is 7.78. The van der Waals surface area contributed by atoms with Gasteiger partial charge in [0.25, 0.3) is 10.2 Å². The van der Waals surface area contributed by atoms with Crippen LogP contribution in [0, 0.1) is 12.7 Å². The molecule has 1 N–H and O–H groups in total. The Labute approximate surface area is 224 Å². The lowest BCUT2D eigenvalue weighted by Gasteiger charge is -2.36. The van der Waals surface area contributed by atoms with E-state index in [9.17, 15) is 22.4 Å². The smallest absolute Gasteiger partial charge is 0.282 e. The molecule has 3 aliphatic rings. The van der Waals surface area contributed by atoms with Crippen LogP contribution in [-0.2, 0) is 19.8 Å². The SMILES string of the molecule is Cc1ccccc1[C@H](C(=O)NC1CCCCC1)N(C(=O)[C@@H]1CCCN1S(=O)(=O)N1CC1)c1cccc(F)c1. The summed E-state index contributed by atoms with van der Waals surface area (Å²) in [4.78, 5) is 29.7. The highest BCUT2D eigenvalue weighted by Gasteiger charge is 2.48. The first-order chi connectivity index (χ1) is 18.3. The molecule has 2 saturated heterocycles. The minimum atomic E-state index is -3.78. The molecule has 0 unspecified atom stereocenters. The molecule has 0 radical (unpaired) electrons. The number of anilines is 1. The van der Waals surface area contributed by atoms with Crippen LogP contribution in [0.5, 0.6) is 0 Å². The van der Waals surface area contributed by atoms with Crippen LogP contribution in [0.15, 0.2) is 48.5 Å². The number of nitrogens with zero attached hydrogens (tertiary/aromatic N) is 3. The van der Waals surface area contributed by atoms with Gasteiger partial charge in [0.2, 0.25) is 11.8 Å². The number of nitrogens with one attached hydrogen (secondary N) is 1. The van der Waals surface area contributed by atoms with Gasteiger partial charge in [0.15, 0.2) is 0 Å². The van der Waals surface area contributed by atoms with E-state index in [4.69, 9.17) is 0 Å². The van der Waals surface area contributed by atoms with Crippen LogP contribution in [0.1, 0.15) is 62.1 Å². The number of benzene rings is 2. The van der Waals surface area contributed by atoms with Crippen LogP contribution in [0.3, 0.4) is 0 Å². The van der Waals surface area contributed by atoms with Gasteiger partial charge in [0.05, 0.1) is 0 Å². The lowest BCUT2D eigenvalue weighted by atomic mass is 9.93. The van der Waals surface area contributed by atoms with E-state index < -0.39 is 34.0 Å². The normalized spacial score (nSPS) is 21.7. The molecule has 204 valence electrons. The maximum absolute atomic E-state index is 14.5. The van der Waals surface area contributed by atoms with Gasteiger partial charge in [-0.25, -0.2) is 4.39 Å². The summed E-state index contributed by atoms with van der Waals surface area (Å²) in [5, 5.41) is 3.16. The second-order valence-electron chi connectivity index (χ2n) is 10.5. The maximum atomic E-state index is 14.5. The van der Waals surface area contributed by atoms with Gasteiger partial charge in [-0.15, -0.1) is 0 Å². The van der Waals surface area contributed by atoms with Gasteiger partial charge >= 0.3 is 0 Å². The van der Waals surface area contributed by atoms with E-state index in [0.29, 0.717) is 31.5 Å². The highest BCUT2D eigenvalue weighted by atomic mass is 32.2. The van der Waals surface area contributed by atoms with Gasteiger partial charge in [0.1, 0.15) is 17.9 Å². The maximum Gasteiger partial charge on any atom is 0.282 e. The van der Waals surface area contributed by atoms with Crippen molar-refractivity contribution in [1.82, 2.24) is 13.9 Å². The predicted molar refractivity (Wildman–Crippen MR) is 143 cm³/mol. The third kappa shape index (κ3) is 5.48. The van der Waals surface area contributed by atoms with Gasteiger partial charge in [-0.1, -0.05) is 49.6 Å². The van der Waals surface area contributed by atoms with E-state index in [1.165, 1.54) is 31.7 Å². The number of amides is 2. The minimum absolute atomic E-state index is 0.00162. The number of hydrogen-bond donors (Lipinski definition) is 1. The number of carbonyl (C=O) groups excluding carboxylic acids is 2. The molecule has 10 heteroatoms. The highest BCUT2D eigenvalue weighted by molar-refractivity contribution is 7.87. The van der Waals surface area contributed by atoms with Crippen molar-refractivity contribution in [2.24, 2.45) is 0 Å². The van der Waals surface area contributed by atoms with Gasteiger partial charge in [-0.3, -0.25) is 14.5 Å². The van der Waals surface area contributed by atoms with Crippen LogP contribution in [0.4, 0.5) is 10.1 Å². The largest absolute Gasteiger partial charge is 0.351 e. The lowest BCUT2D eigenvalue weighted by molar-refractivity contribution is -0.128. The van der Waals surface area contributed by atoms with Crippen molar-refractivity contribution in [2.45, 2.75) is 70.0 Å². The topological polar surface area (TPSA) is 89.8 Å². The summed E-state index contributed by atoms with van der Waals surface area (Å²) in [6.07, 6.45) is 5.78. The van der Waals surface area contributed by atoms with E-state index in [-0.39, 0.29) is 24.2 Å². The van der Waals surface area contributed by atoms with E-state index in [1.807, 2.05) is 25.1 Å². The molecule has 5 rings (SSSR count). The molecule has 2 aromatic carbocycles. The highest BCUT2D eigenvalue weighted by Crippen LogP contribution is 2.35. The van der Waals surface area contributed by atoms with E-state index >= 15 is 0 Å². The van der Waals surface area contributed by atoms with Crippen LogP contribution in [0.25, 0.3) is 0 Å². The van der Waals surface area contributed by atoms with Crippen molar-refractivity contribution in [3.63, 3.8) is 0 Å². The van der Waals surface area contributed by atoms with Crippen LogP contribution >= 0.6 is 0 Å². The third-order valence-corrected chi connectivity index (χ3v) is 9.83. The first-order valence-electron chi connectivity index (χ1n) is 13.5. The fourth-order valence-electron chi connectivity index (χ4n) is 5.69. The molecule has 2 atom stereocenters. The standard InChI is InChI=1S/C28H35FN4O4S/c1-20-9-5-6-14-24(20)26(27(34)30-22-11-3-2-4-12-22)33(23-13-7-10-21(29)19-23)28(35)25-15-8-16-32(25)38(36,37)31-17-18-31/h5-7,9-10,13-14,19,22,25-26H,2-4,8,11-12,15-18H2,1H3,(H,30,34)/t25-,26+/m0/s1. The quantitative estimate of drug-likeness (QED) is 0.516. The van der Waals surface area contributed by atoms with Crippen LogP contribution in [-0.4, -0.2) is 60.6 Å².